The van der Waals surface area contributed by atoms with Crippen LogP contribution in [0.3, 0.4) is 0 Å². The van der Waals surface area contributed by atoms with E-state index >= 15 is 0 Å². The lowest BCUT2D eigenvalue weighted by molar-refractivity contribution is 0.682. The smallest absolute Gasteiger partial charge is 0.0803 e. The second-order valence-corrected chi connectivity index (χ2v) is 5.73. The summed E-state index contributed by atoms with van der Waals surface area (Å²) >= 11 is 6.02. The van der Waals surface area contributed by atoms with E-state index in [1.54, 1.807) is 30.6 Å². The number of pyridine rings is 1. The van der Waals surface area contributed by atoms with Gasteiger partial charge in [0.1, 0.15) is 0 Å². The van der Waals surface area contributed by atoms with Gasteiger partial charge in [0.25, 0.3) is 0 Å². The Labute approximate surface area is 113 Å². The summed E-state index contributed by atoms with van der Waals surface area (Å²) in [6.45, 7) is 0. The molecule has 0 radical (unpaired) electrons. The van der Waals surface area contributed by atoms with E-state index in [9.17, 15) is 4.21 Å². The molecule has 3 nitrogen and oxygen atoms in total. The highest BCUT2D eigenvalue weighted by Crippen LogP contribution is 2.26. The Balaban J connectivity index is 2.09. The number of aryl methyl sites for hydroxylation is 1. The number of hydrogen-bond donors (Lipinski definition) is 1. The Kier molecular flexibility index (Phi) is 4.33. The van der Waals surface area contributed by atoms with Crippen LogP contribution in [0.1, 0.15) is 5.56 Å². The molecule has 0 saturated heterocycles. The molecule has 5 heteroatoms. The van der Waals surface area contributed by atoms with E-state index in [1.165, 1.54) is 0 Å². The average Bonchev–Trinajstić information content (AvgIpc) is 2.37. The molecule has 1 aromatic heterocycles. The quantitative estimate of drug-likeness (QED) is 0.876. The first-order chi connectivity index (χ1) is 8.68. The van der Waals surface area contributed by atoms with E-state index < -0.39 is 10.8 Å². The van der Waals surface area contributed by atoms with Crippen LogP contribution in [0.15, 0.2) is 47.6 Å². The van der Waals surface area contributed by atoms with Crippen LogP contribution in [0.2, 0.25) is 5.02 Å². The van der Waals surface area contributed by atoms with E-state index in [0.29, 0.717) is 27.8 Å². The standard InChI is InChI=1S/C13H13ClN2OS/c14-11-2-1-3-12(15)13(11)18(17)9-6-10-4-7-16-8-5-10/h1-5,7-8H,6,9,15H2. The van der Waals surface area contributed by atoms with Crippen molar-refractivity contribution in [1.82, 2.24) is 4.98 Å². The number of nitrogens with zero attached hydrogens (tertiary/aromatic N) is 1. The first kappa shape index (κ1) is 13.1. The summed E-state index contributed by atoms with van der Waals surface area (Å²) in [6.07, 6.45) is 4.16. The summed E-state index contributed by atoms with van der Waals surface area (Å²) in [5.74, 6) is 0.498. The summed E-state index contributed by atoms with van der Waals surface area (Å²) < 4.78 is 12.2. The molecule has 2 rings (SSSR count). The number of nitrogens with two attached hydrogens (primary N) is 1. The summed E-state index contributed by atoms with van der Waals surface area (Å²) in [6, 6.07) is 8.99. The van der Waals surface area contributed by atoms with Crippen LogP contribution in [-0.2, 0) is 17.2 Å². The average molecular weight is 281 g/mol. The molecule has 94 valence electrons. The van der Waals surface area contributed by atoms with Crippen LogP contribution in [0.4, 0.5) is 5.69 Å². The van der Waals surface area contributed by atoms with E-state index in [1.807, 2.05) is 12.1 Å². The second kappa shape index (κ2) is 5.98. The predicted molar refractivity (Wildman–Crippen MR) is 75.1 cm³/mol. The number of aromatic nitrogens is 1. The molecule has 1 unspecified atom stereocenters. The number of hydrogen-bond acceptors (Lipinski definition) is 3. The maximum absolute atomic E-state index is 12.2. The van der Waals surface area contributed by atoms with Crippen LogP contribution in [-0.4, -0.2) is 14.9 Å². The van der Waals surface area contributed by atoms with Crippen molar-refractivity contribution in [3.8, 4) is 0 Å². The topological polar surface area (TPSA) is 56.0 Å². The minimum Gasteiger partial charge on any atom is -0.398 e. The zero-order valence-corrected chi connectivity index (χ0v) is 11.2. The number of nitrogen functional groups attached to an aromatic ring is 1. The minimum atomic E-state index is -1.18. The van der Waals surface area contributed by atoms with Crippen molar-refractivity contribution in [3.63, 3.8) is 0 Å². The van der Waals surface area contributed by atoms with E-state index in [0.717, 1.165) is 5.56 Å². The van der Waals surface area contributed by atoms with E-state index in [2.05, 4.69) is 4.98 Å². The minimum absolute atomic E-state index is 0.461. The van der Waals surface area contributed by atoms with Crippen LogP contribution >= 0.6 is 11.6 Å². The molecule has 2 N–H and O–H groups in total. The summed E-state index contributed by atoms with van der Waals surface area (Å²) in [5.41, 5.74) is 7.39. The van der Waals surface area contributed by atoms with Gasteiger partial charge in [-0.15, -0.1) is 0 Å². The van der Waals surface area contributed by atoms with Gasteiger partial charge >= 0.3 is 0 Å². The normalized spacial score (nSPS) is 12.3. The molecular weight excluding hydrogens is 268 g/mol. The third-order valence-corrected chi connectivity index (χ3v) is 4.46. The first-order valence-corrected chi connectivity index (χ1v) is 7.19. The SMILES string of the molecule is Nc1cccc(Cl)c1S(=O)CCc1ccncc1. The lowest BCUT2D eigenvalue weighted by atomic mass is 10.2. The van der Waals surface area contributed by atoms with Crippen LogP contribution in [0.25, 0.3) is 0 Å². The van der Waals surface area contributed by atoms with Crippen molar-refractivity contribution < 1.29 is 4.21 Å². The number of benzene rings is 1. The molecule has 1 heterocycles. The van der Waals surface area contributed by atoms with Crippen molar-refractivity contribution in [2.45, 2.75) is 11.3 Å². The van der Waals surface area contributed by atoms with Gasteiger partial charge < -0.3 is 5.73 Å². The molecule has 1 atom stereocenters. The maximum atomic E-state index is 12.2. The number of halogens is 1. The molecule has 0 fully saturated rings. The Bertz CT molecular complexity index is 540. The lowest BCUT2D eigenvalue weighted by Gasteiger charge is -2.07. The van der Waals surface area contributed by atoms with Gasteiger partial charge in [0, 0.05) is 23.8 Å². The second-order valence-electron chi connectivity index (χ2n) is 3.81. The third kappa shape index (κ3) is 3.09. The molecule has 0 bridgehead atoms. The highest BCUT2D eigenvalue weighted by Gasteiger charge is 2.12. The molecule has 0 aliphatic carbocycles. The fourth-order valence-corrected chi connectivity index (χ4v) is 3.31. The van der Waals surface area contributed by atoms with Gasteiger partial charge in [-0.3, -0.25) is 9.19 Å². The monoisotopic (exact) mass is 280 g/mol. The van der Waals surface area contributed by atoms with Crippen LogP contribution < -0.4 is 5.73 Å². The molecule has 0 saturated carbocycles. The summed E-state index contributed by atoms with van der Waals surface area (Å²) in [4.78, 5) is 4.48. The van der Waals surface area contributed by atoms with Gasteiger partial charge in [-0.05, 0) is 36.2 Å². The molecule has 0 aliphatic heterocycles. The zero-order chi connectivity index (χ0) is 13.0. The Morgan fingerprint density at radius 3 is 2.61 bits per heavy atom. The largest absolute Gasteiger partial charge is 0.398 e. The highest BCUT2D eigenvalue weighted by molar-refractivity contribution is 7.85. The molecule has 0 spiro atoms. The Morgan fingerprint density at radius 1 is 1.22 bits per heavy atom. The Hall–Kier alpha value is -1.39. The number of rotatable bonds is 4. The van der Waals surface area contributed by atoms with E-state index in [4.69, 9.17) is 17.3 Å². The molecular formula is C13H13ClN2OS. The van der Waals surface area contributed by atoms with Crippen molar-refractivity contribution in [1.29, 1.82) is 0 Å². The van der Waals surface area contributed by atoms with Crippen LogP contribution in [0, 0.1) is 0 Å². The fraction of sp³-hybridized carbons (Fsp3) is 0.154. The lowest BCUT2D eigenvalue weighted by Crippen LogP contribution is -2.05. The van der Waals surface area contributed by atoms with E-state index in [-0.39, 0.29) is 0 Å². The van der Waals surface area contributed by atoms with Crippen molar-refractivity contribution >= 4 is 28.1 Å². The van der Waals surface area contributed by atoms with Gasteiger partial charge in [-0.1, -0.05) is 17.7 Å². The van der Waals surface area contributed by atoms with Gasteiger partial charge in [0.05, 0.1) is 20.7 Å². The molecule has 0 amide bonds. The van der Waals surface area contributed by atoms with Gasteiger partial charge in [0.15, 0.2) is 0 Å². The van der Waals surface area contributed by atoms with Gasteiger partial charge in [-0.25, -0.2) is 0 Å². The zero-order valence-electron chi connectivity index (χ0n) is 9.67. The van der Waals surface area contributed by atoms with Crippen molar-refractivity contribution in [3.05, 3.63) is 53.3 Å². The van der Waals surface area contributed by atoms with Gasteiger partial charge in [-0.2, -0.15) is 0 Å². The summed E-state index contributed by atoms with van der Waals surface area (Å²) in [5, 5.41) is 0.461. The Morgan fingerprint density at radius 2 is 1.94 bits per heavy atom. The maximum Gasteiger partial charge on any atom is 0.0803 e. The molecule has 2 aromatic rings. The fourth-order valence-electron chi connectivity index (χ4n) is 1.63. The third-order valence-electron chi connectivity index (χ3n) is 2.55. The van der Waals surface area contributed by atoms with Gasteiger partial charge in [0.2, 0.25) is 0 Å². The molecule has 1 aromatic carbocycles. The van der Waals surface area contributed by atoms with Crippen LogP contribution in [0.5, 0.6) is 0 Å². The van der Waals surface area contributed by atoms with Crippen molar-refractivity contribution in [2.75, 3.05) is 11.5 Å². The molecule has 18 heavy (non-hydrogen) atoms. The summed E-state index contributed by atoms with van der Waals surface area (Å²) in [7, 11) is -1.18. The molecule has 0 aliphatic rings. The first-order valence-electron chi connectivity index (χ1n) is 5.50. The predicted octanol–water partition coefficient (Wildman–Crippen LogP) is 2.67. The van der Waals surface area contributed by atoms with Crippen molar-refractivity contribution in [2.24, 2.45) is 0 Å². The highest BCUT2D eigenvalue weighted by atomic mass is 35.5. The number of anilines is 1.